The van der Waals surface area contributed by atoms with Crippen LogP contribution >= 0.6 is 7.82 Å². The zero-order valence-corrected chi connectivity index (χ0v) is 8.57. The fourth-order valence-corrected chi connectivity index (χ4v) is 2.90. The van der Waals surface area contributed by atoms with E-state index >= 15 is 0 Å². The molecule has 14 heavy (non-hydrogen) atoms. The Morgan fingerprint density at radius 3 is 2.50 bits per heavy atom. The topological polar surface area (TPSA) is 88.1 Å². The normalized spacial score (nSPS) is 33.6. The van der Waals surface area contributed by atoms with Crippen molar-refractivity contribution >= 4 is 17.9 Å². The molecule has 0 aromatic rings. The van der Waals surface area contributed by atoms with Crippen LogP contribution in [-0.2, 0) is 32.4 Å². The average molecular weight is 242 g/mol. The van der Waals surface area contributed by atoms with Gasteiger partial charge in [-0.2, -0.15) is 8.42 Å². The summed E-state index contributed by atoms with van der Waals surface area (Å²) in [5.74, 6) is 0. The van der Waals surface area contributed by atoms with Crippen LogP contribution in [0.25, 0.3) is 0 Å². The van der Waals surface area contributed by atoms with Gasteiger partial charge in [-0.05, 0) is 6.08 Å². The van der Waals surface area contributed by atoms with Crippen molar-refractivity contribution in [2.45, 2.75) is 6.29 Å². The van der Waals surface area contributed by atoms with Gasteiger partial charge in [0.05, 0.1) is 18.6 Å². The minimum Gasteiger partial charge on any atom is -0.284 e. The van der Waals surface area contributed by atoms with Crippen LogP contribution in [0, 0.1) is 0 Å². The molecule has 0 spiro atoms. The van der Waals surface area contributed by atoms with E-state index in [1.54, 1.807) is 0 Å². The van der Waals surface area contributed by atoms with Crippen molar-refractivity contribution in [3.63, 3.8) is 0 Å². The predicted molar refractivity (Wildman–Crippen MR) is 43.5 cm³/mol. The smallest absolute Gasteiger partial charge is 0.284 e. The Hall–Kier alpha value is -0.240. The van der Waals surface area contributed by atoms with Gasteiger partial charge in [0.1, 0.15) is 0 Å². The van der Waals surface area contributed by atoms with Crippen molar-refractivity contribution in [2.24, 2.45) is 0 Å². The Balaban J connectivity index is 2.00. The van der Waals surface area contributed by atoms with Crippen LogP contribution in [0.3, 0.4) is 0 Å². The molecule has 7 nitrogen and oxygen atoms in total. The van der Waals surface area contributed by atoms with Gasteiger partial charge >= 0.3 is 7.82 Å². The van der Waals surface area contributed by atoms with Gasteiger partial charge < -0.3 is 0 Å². The first-order valence-electron chi connectivity index (χ1n) is 3.68. The molecule has 0 aliphatic carbocycles. The lowest BCUT2D eigenvalue weighted by molar-refractivity contribution is 0.0319. The molecule has 0 N–H and O–H groups in total. The monoisotopic (exact) mass is 242 g/mol. The van der Waals surface area contributed by atoms with Crippen LogP contribution in [0.5, 0.6) is 0 Å². The summed E-state index contributed by atoms with van der Waals surface area (Å²) in [7, 11) is -7.32. The maximum atomic E-state index is 11.4. The van der Waals surface area contributed by atoms with Crippen LogP contribution in [0.15, 0.2) is 11.5 Å². The summed E-state index contributed by atoms with van der Waals surface area (Å²) in [4.78, 5) is 0. The lowest BCUT2D eigenvalue weighted by atomic mass is 10.6. The van der Waals surface area contributed by atoms with Gasteiger partial charge in [0, 0.05) is 0 Å². The third kappa shape index (κ3) is 2.22. The lowest BCUT2D eigenvalue weighted by Crippen LogP contribution is -2.11. The quantitative estimate of drug-likeness (QED) is 0.510. The summed E-state index contributed by atoms with van der Waals surface area (Å²) in [5.41, 5.74) is 0. The molecule has 2 heterocycles. The number of phosphoric acid groups is 1. The molecule has 0 saturated carbocycles. The molecule has 2 aliphatic heterocycles. The van der Waals surface area contributed by atoms with E-state index in [1.807, 2.05) is 0 Å². The van der Waals surface area contributed by atoms with Gasteiger partial charge in [-0.15, -0.1) is 0 Å². The molecule has 2 aliphatic rings. The molecular weight excluding hydrogens is 235 g/mol. The largest absolute Gasteiger partial charge is 0.477 e. The molecular formula is C5H7O7PS. The molecule has 1 atom stereocenters. The summed E-state index contributed by atoms with van der Waals surface area (Å²) < 4.78 is 51.4. The summed E-state index contributed by atoms with van der Waals surface area (Å²) >= 11 is 0. The van der Waals surface area contributed by atoms with E-state index in [-0.39, 0.29) is 13.2 Å². The van der Waals surface area contributed by atoms with E-state index in [1.165, 1.54) is 0 Å². The third-order valence-electron chi connectivity index (χ3n) is 1.45. The molecule has 2 rings (SSSR count). The SMILES string of the molecule is O=P1(OC2C=CS(=O)(=O)O2)OCCO1. The Morgan fingerprint density at radius 2 is 2.00 bits per heavy atom. The third-order valence-corrected chi connectivity index (χ3v) is 3.86. The molecule has 0 bridgehead atoms. The maximum Gasteiger partial charge on any atom is 0.477 e. The van der Waals surface area contributed by atoms with Gasteiger partial charge in [-0.25, -0.2) is 8.75 Å². The first-order chi connectivity index (χ1) is 6.49. The van der Waals surface area contributed by atoms with Crippen molar-refractivity contribution in [1.29, 1.82) is 0 Å². The Labute approximate surface area is 80.3 Å². The number of hydrogen-bond acceptors (Lipinski definition) is 7. The van der Waals surface area contributed by atoms with Crippen molar-refractivity contribution in [3.05, 3.63) is 11.5 Å². The summed E-state index contributed by atoms with van der Waals surface area (Å²) in [6.07, 6.45) is -0.121. The van der Waals surface area contributed by atoms with Crippen molar-refractivity contribution in [2.75, 3.05) is 13.2 Å². The van der Waals surface area contributed by atoms with Gasteiger partial charge in [-0.1, -0.05) is 0 Å². The maximum absolute atomic E-state index is 11.4. The molecule has 0 aromatic carbocycles. The first kappa shape index (κ1) is 10.3. The highest BCUT2D eigenvalue weighted by atomic mass is 32.2. The Kier molecular flexibility index (Phi) is 2.50. The zero-order valence-electron chi connectivity index (χ0n) is 6.86. The van der Waals surface area contributed by atoms with Crippen LogP contribution < -0.4 is 0 Å². The second-order valence-electron chi connectivity index (χ2n) is 2.51. The molecule has 0 radical (unpaired) electrons. The average Bonchev–Trinajstić information content (AvgIpc) is 2.59. The van der Waals surface area contributed by atoms with E-state index in [4.69, 9.17) is 4.52 Å². The van der Waals surface area contributed by atoms with Crippen LogP contribution in [0.4, 0.5) is 0 Å². The van der Waals surface area contributed by atoms with Gasteiger partial charge in [0.2, 0.25) is 6.29 Å². The van der Waals surface area contributed by atoms with Gasteiger partial charge in [0.25, 0.3) is 10.1 Å². The molecule has 1 unspecified atom stereocenters. The van der Waals surface area contributed by atoms with E-state index in [9.17, 15) is 13.0 Å². The molecule has 1 saturated heterocycles. The summed E-state index contributed by atoms with van der Waals surface area (Å²) in [6.45, 7) is 0.306. The molecule has 0 aromatic heterocycles. The second kappa shape index (κ2) is 3.41. The van der Waals surface area contributed by atoms with E-state index in [0.717, 1.165) is 11.5 Å². The van der Waals surface area contributed by atoms with Crippen LogP contribution in [-0.4, -0.2) is 27.9 Å². The van der Waals surface area contributed by atoms with Crippen LogP contribution in [0.2, 0.25) is 0 Å². The van der Waals surface area contributed by atoms with Gasteiger partial charge in [0.15, 0.2) is 0 Å². The Morgan fingerprint density at radius 1 is 1.36 bits per heavy atom. The Bertz CT molecular complexity index is 388. The standard InChI is InChI=1S/C5H7O7PS/c6-13(9-2-3-10-13)11-5-1-4-14(7,8)12-5/h1,4-5H,2-3H2. The van der Waals surface area contributed by atoms with Crippen LogP contribution in [0.1, 0.15) is 0 Å². The number of phosphoric ester groups is 1. The predicted octanol–water partition coefficient (Wildman–Crippen LogP) is 0.358. The second-order valence-corrected chi connectivity index (χ2v) is 5.58. The molecule has 0 amide bonds. The number of hydrogen-bond donors (Lipinski definition) is 0. The minimum absolute atomic E-state index is 0.153. The highest BCUT2D eigenvalue weighted by Crippen LogP contribution is 2.54. The van der Waals surface area contributed by atoms with E-state index in [2.05, 4.69) is 13.2 Å². The van der Waals surface area contributed by atoms with Crippen molar-refractivity contribution < 1.29 is 30.7 Å². The summed E-state index contributed by atoms with van der Waals surface area (Å²) in [5, 5.41) is 0.819. The number of rotatable bonds is 2. The highest BCUT2D eigenvalue weighted by Gasteiger charge is 2.37. The van der Waals surface area contributed by atoms with E-state index < -0.39 is 24.2 Å². The highest BCUT2D eigenvalue weighted by molar-refractivity contribution is 7.89. The first-order valence-corrected chi connectivity index (χ1v) is 6.61. The fraction of sp³-hybridized carbons (Fsp3) is 0.600. The van der Waals surface area contributed by atoms with Crippen molar-refractivity contribution in [3.8, 4) is 0 Å². The molecule has 80 valence electrons. The molecule has 9 heteroatoms. The molecule has 1 fully saturated rings. The van der Waals surface area contributed by atoms with Gasteiger partial charge in [-0.3, -0.25) is 13.6 Å². The minimum atomic E-state index is -3.70. The lowest BCUT2D eigenvalue weighted by Gasteiger charge is -2.12. The summed E-state index contributed by atoms with van der Waals surface area (Å²) in [6, 6.07) is 0. The van der Waals surface area contributed by atoms with Crippen molar-refractivity contribution in [1.82, 2.24) is 0 Å². The van der Waals surface area contributed by atoms with E-state index in [0.29, 0.717) is 0 Å². The zero-order chi connectivity index (χ0) is 10.2. The fourth-order valence-electron chi connectivity index (χ4n) is 0.933.